The van der Waals surface area contributed by atoms with Crippen LogP contribution in [0.1, 0.15) is 107 Å². The van der Waals surface area contributed by atoms with Crippen molar-refractivity contribution < 1.29 is 4.79 Å². The number of carbonyl (C=O) groups is 1. The molecule has 34 heavy (non-hydrogen) atoms. The molecule has 0 fully saturated rings. The molecule has 0 spiro atoms. The lowest BCUT2D eigenvalue weighted by molar-refractivity contribution is -0.125. The minimum Gasteiger partial charge on any atom is -0.294 e. The molecule has 0 aromatic rings. The van der Waals surface area contributed by atoms with Gasteiger partial charge in [0.2, 0.25) is 0 Å². The van der Waals surface area contributed by atoms with Crippen molar-refractivity contribution in [2.24, 2.45) is 22.2 Å². The predicted octanol–water partition coefficient (Wildman–Crippen LogP) is 10.1. The van der Waals surface area contributed by atoms with Crippen molar-refractivity contribution in [2.75, 3.05) is 0 Å². The van der Waals surface area contributed by atoms with E-state index in [0.717, 1.165) is 32.1 Å². The Kier molecular flexibility index (Phi) is 11.3. The zero-order valence-corrected chi connectivity index (χ0v) is 23.8. The van der Waals surface area contributed by atoms with E-state index in [-0.39, 0.29) is 27.9 Å². The summed E-state index contributed by atoms with van der Waals surface area (Å²) in [6, 6.07) is 0. The number of hydrogen-bond acceptors (Lipinski definition) is 1. The van der Waals surface area contributed by atoms with Crippen LogP contribution in [0.4, 0.5) is 0 Å². The minimum absolute atomic E-state index is 0.116. The third-order valence-corrected chi connectivity index (χ3v) is 7.96. The molecule has 0 aromatic carbocycles. The van der Waals surface area contributed by atoms with Gasteiger partial charge < -0.3 is 0 Å². The lowest BCUT2D eigenvalue weighted by Crippen LogP contribution is -2.42. The highest BCUT2D eigenvalue weighted by Gasteiger charge is 2.45. The minimum atomic E-state index is -0.327. The molecular weight excluding hydrogens is 412 g/mol. The van der Waals surface area contributed by atoms with Crippen LogP contribution in [-0.4, -0.2) is 5.78 Å². The molecule has 1 nitrogen and oxygen atoms in total. The largest absolute Gasteiger partial charge is 0.294 e. The van der Waals surface area contributed by atoms with Crippen LogP contribution in [0.15, 0.2) is 71.9 Å². The number of carbonyl (C=O) groups excluding carboxylic acids is 1. The topological polar surface area (TPSA) is 17.1 Å². The Morgan fingerprint density at radius 1 is 0.971 bits per heavy atom. The van der Waals surface area contributed by atoms with E-state index in [0.29, 0.717) is 0 Å². The van der Waals surface area contributed by atoms with Crippen molar-refractivity contribution in [3.63, 3.8) is 0 Å². The molecule has 0 aromatic heterocycles. The molecular formula is C33H52O. The van der Waals surface area contributed by atoms with Crippen LogP contribution in [-0.2, 0) is 4.79 Å². The van der Waals surface area contributed by atoms with Gasteiger partial charge in [-0.05, 0) is 107 Å². The first kappa shape index (κ1) is 30.1. The number of ketones is 1. The third-order valence-electron chi connectivity index (χ3n) is 7.96. The maximum atomic E-state index is 14.1. The van der Waals surface area contributed by atoms with E-state index in [2.05, 4.69) is 93.7 Å². The van der Waals surface area contributed by atoms with Crippen molar-refractivity contribution in [1.29, 1.82) is 0 Å². The summed E-state index contributed by atoms with van der Waals surface area (Å²) < 4.78 is 0. The SMILES string of the molecule is C=CC(C)(CCC=C(C)C)C(C(=O)C=CC1=C(C)CCCC1(C)C)C(C)(C=C)CCC=C(C)C. The molecule has 1 aliphatic carbocycles. The van der Waals surface area contributed by atoms with E-state index in [1.165, 1.54) is 35.1 Å². The maximum Gasteiger partial charge on any atom is 0.160 e. The van der Waals surface area contributed by atoms with Gasteiger partial charge >= 0.3 is 0 Å². The van der Waals surface area contributed by atoms with E-state index < -0.39 is 0 Å². The Morgan fingerprint density at radius 3 is 1.82 bits per heavy atom. The molecule has 0 amide bonds. The van der Waals surface area contributed by atoms with Crippen molar-refractivity contribution in [1.82, 2.24) is 0 Å². The summed E-state index contributed by atoms with van der Waals surface area (Å²) in [5, 5.41) is 0. The van der Waals surface area contributed by atoms with Gasteiger partial charge in [0.15, 0.2) is 5.78 Å². The third kappa shape index (κ3) is 8.10. The van der Waals surface area contributed by atoms with E-state index in [1.807, 2.05) is 18.2 Å². The summed E-state index contributed by atoms with van der Waals surface area (Å²) in [7, 11) is 0. The first-order chi connectivity index (χ1) is 15.7. The molecule has 0 bridgehead atoms. The molecule has 0 radical (unpaired) electrons. The average Bonchev–Trinajstić information content (AvgIpc) is 2.72. The highest BCUT2D eigenvalue weighted by Crippen LogP contribution is 2.49. The second kappa shape index (κ2) is 12.7. The molecule has 0 heterocycles. The standard InChI is InChI=1S/C33H52O/c1-12-32(10,23-14-17-25(3)4)30(33(11,13-2)24-15-18-26(5)6)29(34)21-20-28-27(7)19-16-22-31(28,8)9/h12-13,17-18,20-21,30H,1-2,14-16,19,22-24H2,3-11H3. The summed E-state index contributed by atoms with van der Waals surface area (Å²) in [6.45, 7) is 28.2. The van der Waals surface area contributed by atoms with Gasteiger partial charge in [-0.15, -0.1) is 13.2 Å². The van der Waals surface area contributed by atoms with Crippen LogP contribution in [0.25, 0.3) is 0 Å². The lowest BCUT2D eigenvalue weighted by atomic mass is 9.58. The number of hydrogen-bond donors (Lipinski definition) is 0. The molecule has 0 N–H and O–H groups in total. The zero-order valence-electron chi connectivity index (χ0n) is 23.8. The monoisotopic (exact) mass is 464 g/mol. The van der Waals surface area contributed by atoms with Crippen LogP contribution in [0.2, 0.25) is 0 Å². The average molecular weight is 465 g/mol. The summed E-state index contributed by atoms with van der Waals surface area (Å²) in [5.74, 6) is -0.0177. The molecule has 2 unspecified atom stereocenters. The van der Waals surface area contributed by atoms with Crippen LogP contribution in [0, 0.1) is 22.2 Å². The molecule has 190 valence electrons. The van der Waals surface area contributed by atoms with E-state index in [1.54, 1.807) is 0 Å². The van der Waals surface area contributed by atoms with Gasteiger partial charge in [-0.3, -0.25) is 4.79 Å². The molecule has 1 heteroatoms. The molecule has 2 atom stereocenters. The van der Waals surface area contributed by atoms with Crippen LogP contribution >= 0.6 is 0 Å². The number of rotatable bonds is 13. The smallest absolute Gasteiger partial charge is 0.160 e. The Balaban J connectivity index is 3.48. The van der Waals surface area contributed by atoms with Gasteiger partial charge in [-0.1, -0.05) is 74.8 Å². The highest BCUT2D eigenvalue weighted by atomic mass is 16.1. The Hall–Kier alpha value is -1.89. The molecule has 1 rings (SSSR count). The summed E-state index contributed by atoms with van der Waals surface area (Å²) >= 11 is 0. The van der Waals surface area contributed by atoms with Crippen molar-refractivity contribution in [2.45, 2.75) is 107 Å². The number of allylic oxidation sites excluding steroid dienone is 10. The van der Waals surface area contributed by atoms with E-state index in [9.17, 15) is 4.79 Å². The Bertz CT molecular complexity index is 811. The van der Waals surface area contributed by atoms with E-state index in [4.69, 9.17) is 0 Å². The summed E-state index contributed by atoms with van der Waals surface area (Å²) in [6.07, 6.45) is 19.8. The van der Waals surface area contributed by atoms with Gasteiger partial charge in [0.1, 0.15) is 0 Å². The van der Waals surface area contributed by atoms with Crippen molar-refractivity contribution >= 4 is 5.78 Å². The molecule has 1 aliphatic rings. The second-order valence-corrected chi connectivity index (χ2v) is 12.2. The maximum absolute atomic E-state index is 14.1. The highest BCUT2D eigenvalue weighted by molar-refractivity contribution is 5.93. The van der Waals surface area contributed by atoms with Crippen LogP contribution in [0.5, 0.6) is 0 Å². The van der Waals surface area contributed by atoms with E-state index >= 15 is 0 Å². The summed E-state index contributed by atoms with van der Waals surface area (Å²) in [5.41, 5.74) is 4.84. The quantitative estimate of drug-likeness (QED) is 0.196. The van der Waals surface area contributed by atoms with Gasteiger partial charge in [0.25, 0.3) is 0 Å². The van der Waals surface area contributed by atoms with Gasteiger partial charge in [-0.25, -0.2) is 0 Å². The molecule has 0 saturated heterocycles. The van der Waals surface area contributed by atoms with Crippen LogP contribution in [0.3, 0.4) is 0 Å². The first-order valence-corrected chi connectivity index (χ1v) is 13.2. The van der Waals surface area contributed by atoms with Gasteiger partial charge in [0.05, 0.1) is 0 Å². The van der Waals surface area contributed by atoms with Crippen molar-refractivity contribution in [3.05, 3.63) is 71.9 Å². The Morgan fingerprint density at radius 2 is 1.44 bits per heavy atom. The Labute approximate surface area is 211 Å². The normalized spacial score (nSPS) is 20.1. The first-order valence-electron chi connectivity index (χ1n) is 13.2. The fourth-order valence-electron chi connectivity index (χ4n) is 5.75. The van der Waals surface area contributed by atoms with Gasteiger partial charge in [-0.2, -0.15) is 0 Å². The molecule has 0 aliphatic heterocycles. The molecule has 0 saturated carbocycles. The van der Waals surface area contributed by atoms with Gasteiger partial charge in [0, 0.05) is 5.92 Å². The summed E-state index contributed by atoms with van der Waals surface area (Å²) in [4.78, 5) is 14.1. The second-order valence-electron chi connectivity index (χ2n) is 12.2. The fourth-order valence-corrected chi connectivity index (χ4v) is 5.75. The zero-order chi connectivity index (χ0) is 26.2. The predicted molar refractivity (Wildman–Crippen MR) is 152 cm³/mol. The van der Waals surface area contributed by atoms with Crippen LogP contribution < -0.4 is 0 Å². The fraction of sp³-hybridized carbons (Fsp3) is 0.606. The van der Waals surface area contributed by atoms with Crippen molar-refractivity contribution in [3.8, 4) is 0 Å². The lowest BCUT2D eigenvalue weighted by Gasteiger charge is -2.44.